The number of carbonyl (C=O) groups excluding carboxylic acids is 2. The van der Waals surface area contributed by atoms with Crippen LogP contribution < -0.4 is 44.9 Å². The first-order valence-corrected chi connectivity index (χ1v) is 11.1. The zero-order valence-corrected chi connectivity index (χ0v) is 19.6. The summed E-state index contributed by atoms with van der Waals surface area (Å²) >= 11 is 0. The van der Waals surface area contributed by atoms with Gasteiger partial charge in [0.05, 0.1) is 6.04 Å². The van der Waals surface area contributed by atoms with E-state index in [2.05, 4.69) is 20.6 Å². The Morgan fingerprint density at radius 2 is 1.60 bits per heavy atom. The highest BCUT2D eigenvalue weighted by molar-refractivity contribution is 5.99. The van der Waals surface area contributed by atoms with Crippen molar-refractivity contribution in [3.63, 3.8) is 0 Å². The van der Waals surface area contributed by atoms with Crippen molar-refractivity contribution in [3.8, 4) is 0 Å². The van der Waals surface area contributed by atoms with Crippen LogP contribution in [0, 0.1) is 6.92 Å². The summed E-state index contributed by atoms with van der Waals surface area (Å²) in [4.78, 5) is 45.1. The van der Waals surface area contributed by atoms with Crippen molar-refractivity contribution in [1.29, 1.82) is 0 Å². The fourth-order valence-electron chi connectivity index (χ4n) is 3.33. The molecule has 0 fully saturated rings. The minimum atomic E-state index is -0.902. The summed E-state index contributed by atoms with van der Waals surface area (Å²) in [6.07, 6.45) is 1.52. The molecule has 0 bridgehead atoms. The van der Waals surface area contributed by atoms with Crippen LogP contribution in [-0.4, -0.2) is 48.9 Å². The van der Waals surface area contributed by atoms with Gasteiger partial charge in [-0.2, -0.15) is 0 Å². The lowest BCUT2D eigenvalue weighted by atomic mass is 10.1. The number of aliphatic imine (C=N–C) groups is 2. The van der Waals surface area contributed by atoms with Gasteiger partial charge in [0.15, 0.2) is 11.9 Å². The Kier molecular flexibility index (Phi) is 10.0. The number of hydrogen-bond donors (Lipinski definition) is 7. The summed E-state index contributed by atoms with van der Waals surface area (Å²) in [5, 5.41) is 6.18. The van der Waals surface area contributed by atoms with Gasteiger partial charge in [-0.05, 0) is 50.3 Å². The molecule has 2 aromatic rings. The number of nitrogens with two attached hydrogens (primary N) is 5. The van der Waals surface area contributed by atoms with Gasteiger partial charge in [0.25, 0.3) is 0 Å². The molecule has 2 amide bonds. The van der Waals surface area contributed by atoms with Gasteiger partial charge in [-0.15, -0.1) is 0 Å². The highest BCUT2D eigenvalue weighted by Gasteiger charge is 2.23. The maximum absolute atomic E-state index is 13.0. The number of aryl methyl sites for hydroxylation is 1. The van der Waals surface area contributed by atoms with E-state index in [-0.39, 0.29) is 24.9 Å². The summed E-state index contributed by atoms with van der Waals surface area (Å²) in [7, 11) is 0. The lowest BCUT2D eigenvalue weighted by Gasteiger charge is -2.20. The molecular weight excluding hydrogens is 454 g/mol. The predicted octanol–water partition coefficient (Wildman–Crippen LogP) is -1.04. The molecule has 1 aromatic carbocycles. The molecule has 35 heavy (non-hydrogen) atoms. The van der Waals surface area contributed by atoms with E-state index in [4.69, 9.17) is 33.1 Å². The zero-order valence-electron chi connectivity index (χ0n) is 19.6. The van der Waals surface area contributed by atoms with Gasteiger partial charge in [-0.3, -0.25) is 19.6 Å². The number of hydrogen-bond acceptors (Lipinski definition) is 7. The molecule has 0 aliphatic carbocycles. The highest BCUT2D eigenvalue weighted by atomic mass is 16.4. The number of fused-ring (bicyclic) bond motifs is 1. The molecule has 0 aliphatic heterocycles. The van der Waals surface area contributed by atoms with Crippen LogP contribution in [0.4, 0.5) is 5.69 Å². The molecule has 12 N–H and O–H groups in total. The van der Waals surface area contributed by atoms with Crippen LogP contribution in [-0.2, 0) is 9.59 Å². The van der Waals surface area contributed by atoms with Gasteiger partial charge in [-0.1, -0.05) is 0 Å². The SMILES string of the molecule is Cc1cc(=O)oc2cc(NC(=O)C(CCCN=C(N)N)NC(=O)[C@H](N)CCCN=C(N)N)ccc12. The Labute approximate surface area is 202 Å². The molecule has 0 saturated carbocycles. The van der Waals surface area contributed by atoms with E-state index in [1.807, 2.05) is 0 Å². The number of nitrogens with one attached hydrogen (secondary N) is 2. The normalized spacial score (nSPS) is 12.4. The van der Waals surface area contributed by atoms with Crippen molar-refractivity contribution >= 4 is 40.4 Å². The van der Waals surface area contributed by atoms with E-state index in [1.165, 1.54) is 6.07 Å². The maximum atomic E-state index is 13.0. The van der Waals surface area contributed by atoms with E-state index in [0.717, 1.165) is 10.9 Å². The maximum Gasteiger partial charge on any atom is 0.336 e. The molecule has 190 valence electrons. The predicted molar refractivity (Wildman–Crippen MR) is 136 cm³/mol. The number of nitrogens with zero attached hydrogens (tertiary/aromatic N) is 2. The summed E-state index contributed by atoms with van der Waals surface area (Å²) in [6.45, 7) is 2.41. The average Bonchev–Trinajstić information content (AvgIpc) is 2.77. The average molecular weight is 488 g/mol. The fourth-order valence-corrected chi connectivity index (χ4v) is 3.33. The van der Waals surface area contributed by atoms with Gasteiger partial charge >= 0.3 is 5.63 Å². The van der Waals surface area contributed by atoms with Crippen LogP contribution in [0.15, 0.2) is 43.5 Å². The van der Waals surface area contributed by atoms with Crippen molar-refractivity contribution < 1.29 is 14.0 Å². The summed E-state index contributed by atoms with van der Waals surface area (Å²) in [5.74, 6) is -1.06. The molecule has 0 radical (unpaired) electrons. The Morgan fingerprint density at radius 1 is 0.971 bits per heavy atom. The van der Waals surface area contributed by atoms with Gasteiger partial charge in [-0.25, -0.2) is 4.79 Å². The monoisotopic (exact) mass is 487 g/mol. The van der Waals surface area contributed by atoms with Crippen molar-refractivity contribution in [2.24, 2.45) is 38.7 Å². The van der Waals surface area contributed by atoms with E-state index in [1.54, 1.807) is 25.1 Å². The Bertz CT molecular complexity index is 1150. The minimum absolute atomic E-state index is 0.0383. The molecule has 0 spiro atoms. The van der Waals surface area contributed by atoms with Gasteiger partial charge in [0.2, 0.25) is 11.8 Å². The quantitative estimate of drug-likeness (QED) is 0.0835. The largest absolute Gasteiger partial charge is 0.423 e. The first-order chi connectivity index (χ1) is 16.6. The van der Waals surface area contributed by atoms with Crippen LogP contribution in [0.5, 0.6) is 0 Å². The highest BCUT2D eigenvalue weighted by Crippen LogP contribution is 2.21. The van der Waals surface area contributed by atoms with E-state index < -0.39 is 29.5 Å². The Morgan fingerprint density at radius 3 is 2.23 bits per heavy atom. The number of carbonyl (C=O) groups is 2. The summed E-state index contributed by atoms with van der Waals surface area (Å²) in [5.41, 5.74) is 28.2. The van der Waals surface area contributed by atoms with Crippen molar-refractivity contribution in [2.75, 3.05) is 18.4 Å². The van der Waals surface area contributed by atoms with Crippen molar-refractivity contribution in [1.82, 2.24) is 5.32 Å². The van der Waals surface area contributed by atoms with Crippen molar-refractivity contribution in [2.45, 2.75) is 44.7 Å². The van der Waals surface area contributed by atoms with E-state index in [9.17, 15) is 14.4 Å². The topological polar surface area (TPSA) is 243 Å². The standard InChI is InChI=1S/C22H33N9O4/c1-12-10-18(32)35-17-11-13(6-7-14(12)17)30-20(34)16(5-3-9-29-22(26)27)31-19(33)15(23)4-2-8-28-21(24)25/h6-7,10-11,15-16H,2-5,8-9,23H2,1H3,(H,30,34)(H,31,33)(H4,24,25,28)(H4,26,27,29)/t15-,16?/m1/s1. The summed E-state index contributed by atoms with van der Waals surface area (Å²) < 4.78 is 5.23. The smallest absolute Gasteiger partial charge is 0.336 e. The number of amides is 2. The fraction of sp³-hybridized carbons (Fsp3) is 0.409. The third-order valence-corrected chi connectivity index (χ3v) is 5.10. The van der Waals surface area contributed by atoms with Crippen LogP contribution in [0.25, 0.3) is 11.0 Å². The van der Waals surface area contributed by atoms with E-state index >= 15 is 0 Å². The Balaban J connectivity index is 2.10. The molecule has 0 saturated heterocycles. The number of rotatable bonds is 12. The van der Waals surface area contributed by atoms with Crippen LogP contribution in [0.2, 0.25) is 0 Å². The van der Waals surface area contributed by atoms with E-state index in [0.29, 0.717) is 37.1 Å². The minimum Gasteiger partial charge on any atom is -0.423 e. The number of guanidine groups is 2. The zero-order chi connectivity index (χ0) is 26.0. The van der Waals surface area contributed by atoms with Gasteiger partial charge < -0.3 is 43.7 Å². The molecule has 13 nitrogen and oxygen atoms in total. The van der Waals surface area contributed by atoms with Crippen molar-refractivity contribution in [3.05, 3.63) is 40.2 Å². The molecule has 13 heteroatoms. The first-order valence-electron chi connectivity index (χ1n) is 11.1. The van der Waals surface area contributed by atoms with Crippen LogP contribution >= 0.6 is 0 Å². The molecule has 1 heterocycles. The van der Waals surface area contributed by atoms with Crippen LogP contribution in [0.1, 0.15) is 31.2 Å². The number of benzene rings is 1. The molecular formula is C22H33N9O4. The second-order valence-corrected chi connectivity index (χ2v) is 8.01. The third kappa shape index (κ3) is 8.97. The second kappa shape index (κ2) is 12.9. The molecule has 2 rings (SSSR count). The summed E-state index contributed by atoms with van der Waals surface area (Å²) in [6, 6.07) is 4.61. The Hall–Kier alpha value is -4.13. The first kappa shape index (κ1) is 27.1. The van der Waals surface area contributed by atoms with Gasteiger partial charge in [0, 0.05) is 36.3 Å². The molecule has 2 atom stereocenters. The molecule has 1 unspecified atom stereocenters. The third-order valence-electron chi connectivity index (χ3n) is 5.10. The number of anilines is 1. The van der Waals surface area contributed by atoms with Gasteiger partial charge in [0.1, 0.15) is 11.6 Å². The lowest BCUT2D eigenvalue weighted by Crippen LogP contribution is -2.50. The molecule has 1 aromatic heterocycles. The second-order valence-electron chi connectivity index (χ2n) is 8.01. The molecule has 0 aliphatic rings. The van der Waals surface area contributed by atoms with Crippen LogP contribution in [0.3, 0.4) is 0 Å². The lowest BCUT2D eigenvalue weighted by molar-refractivity contribution is -0.127.